The van der Waals surface area contributed by atoms with Crippen molar-refractivity contribution in [2.45, 2.75) is 37.2 Å². The van der Waals surface area contributed by atoms with Crippen LogP contribution in [0.4, 0.5) is 0 Å². The van der Waals surface area contributed by atoms with E-state index < -0.39 is 0 Å². The SMILES string of the molecule is CC(C)(C)C(N)C(CO)Sc1ncccn1. The summed E-state index contributed by atoms with van der Waals surface area (Å²) in [5.74, 6) is 0. The summed E-state index contributed by atoms with van der Waals surface area (Å²) in [7, 11) is 0. The van der Waals surface area contributed by atoms with Gasteiger partial charge < -0.3 is 10.8 Å². The molecule has 0 bridgehead atoms. The molecule has 0 aliphatic rings. The molecular weight excluding hydrogens is 222 g/mol. The van der Waals surface area contributed by atoms with Crippen LogP contribution < -0.4 is 5.73 Å². The van der Waals surface area contributed by atoms with Gasteiger partial charge in [-0.1, -0.05) is 32.5 Å². The summed E-state index contributed by atoms with van der Waals surface area (Å²) >= 11 is 1.43. The van der Waals surface area contributed by atoms with Crippen LogP contribution in [0.5, 0.6) is 0 Å². The van der Waals surface area contributed by atoms with Crippen molar-refractivity contribution in [3.63, 3.8) is 0 Å². The van der Waals surface area contributed by atoms with Crippen LogP contribution in [-0.4, -0.2) is 33.0 Å². The molecule has 1 heterocycles. The van der Waals surface area contributed by atoms with Gasteiger partial charge in [-0.05, 0) is 11.5 Å². The van der Waals surface area contributed by atoms with E-state index in [0.717, 1.165) is 0 Å². The number of thioether (sulfide) groups is 1. The minimum absolute atomic E-state index is 0.0291. The second kappa shape index (κ2) is 5.61. The van der Waals surface area contributed by atoms with Crippen molar-refractivity contribution in [2.75, 3.05) is 6.61 Å². The Morgan fingerprint density at radius 3 is 2.38 bits per heavy atom. The molecule has 0 saturated heterocycles. The fourth-order valence-corrected chi connectivity index (χ4v) is 2.41. The van der Waals surface area contributed by atoms with Gasteiger partial charge in [0.15, 0.2) is 5.16 Å². The summed E-state index contributed by atoms with van der Waals surface area (Å²) in [6, 6.07) is 1.66. The molecule has 0 radical (unpaired) electrons. The van der Waals surface area contributed by atoms with E-state index in [-0.39, 0.29) is 23.3 Å². The summed E-state index contributed by atoms with van der Waals surface area (Å²) in [5, 5.41) is 9.94. The molecule has 0 spiro atoms. The first-order valence-electron chi connectivity index (χ1n) is 5.25. The van der Waals surface area contributed by atoms with E-state index in [1.165, 1.54) is 11.8 Å². The third-order valence-corrected chi connectivity index (χ3v) is 3.55. The monoisotopic (exact) mass is 241 g/mol. The van der Waals surface area contributed by atoms with Crippen LogP contribution in [-0.2, 0) is 0 Å². The fraction of sp³-hybridized carbons (Fsp3) is 0.636. The molecule has 90 valence electrons. The van der Waals surface area contributed by atoms with Crippen molar-refractivity contribution in [2.24, 2.45) is 11.1 Å². The zero-order valence-electron chi connectivity index (χ0n) is 9.92. The first-order chi connectivity index (χ1) is 7.45. The second-order valence-corrected chi connectivity index (χ2v) is 5.97. The maximum absolute atomic E-state index is 9.36. The van der Waals surface area contributed by atoms with E-state index >= 15 is 0 Å². The molecule has 16 heavy (non-hydrogen) atoms. The maximum atomic E-state index is 9.36. The quantitative estimate of drug-likeness (QED) is 0.614. The molecule has 0 saturated carbocycles. The van der Waals surface area contributed by atoms with Crippen molar-refractivity contribution in [1.82, 2.24) is 9.97 Å². The number of aliphatic hydroxyl groups excluding tert-OH is 1. The van der Waals surface area contributed by atoms with Gasteiger partial charge >= 0.3 is 0 Å². The number of aromatic nitrogens is 2. The summed E-state index contributed by atoms with van der Waals surface area (Å²) in [5.41, 5.74) is 6.07. The summed E-state index contributed by atoms with van der Waals surface area (Å²) in [6.07, 6.45) is 3.37. The van der Waals surface area contributed by atoms with Crippen molar-refractivity contribution in [3.8, 4) is 0 Å². The molecular formula is C11H19N3OS. The smallest absolute Gasteiger partial charge is 0.187 e. The molecule has 0 fully saturated rings. The Labute approximate surface area is 101 Å². The highest BCUT2D eigenvalue weighted by atomic mass is 32.2. The van der Waals surface area contributed by atoms with Gasteiger partial charge in [-0.2, -0.15) is 0 Å². The molecule has 0 aliphatic carbocycles. The Hall–Kier alpha value is -0.650. The largest absolute Gasteiger partial charge is 0.395 e. The van der Waals surface area contributed by atoms with Gasteiger partial charge in [-0.3, -0.25) is 0 Å². The number of hydrogen-bond donors (Lipinski definition) is 2. The number of hydrogen-bond acceptors (Lipinski definition) is 5. The number of rotatable bonds is 4. The average Bonchev–Trinajstić information content (AvgIpc) is 2.25. The molecule has 1 rings (SSSR count). The molecule has 1 aromatic heterocycles. The average molecular weight is 241 g/mol. The highest BCUT2D eigenvalue weighted by molar-refractivity contribution is 7.99. The highest BCUT2D eigenvalue weighted by Gasteiger charge is 2.29. The number of nitrogens with two attached hydrogens (primary N) is 1. The van der Waals surface area contributed by atoms with Gasteiger partial charge in [0.2, 0.25) is 0 Å². The van der Waals surface area contributed by atoms with Gasteiger partial charge in [0.25, 0.3) is 0 Å². The van der Waals surface area contributed by atoms with Crippen LogP contribution in [0.1, 0.15) is 20.8 Å². The van der Waals surface area contributed by atoms with Gasteiger partial charge in [0.05, 0.1) is 11.9 Å². The van der Waals surface area contributed by atoms with Crippen molar-refractivity contribution >= 4 is 11.8 Å². The Kier molecular flexibility index (Phi) is 4.70. The molecule has 2 unspecified atom stereocenters. The van der Waals surface area contributed by atoms with Crippen LogP contribution in [0.15, 0.2) is 23.6 Å². The Morgan fingerprint density at radius 2 is 1.94 bits per heavy atom. The molecule has 2 atom stereocenters. The normalized spacial score (nSPS) is 15.8. The molecule has 4 nitrogen and oxygen atoms in total. The first kappa shape index (κ1) is 13.4. The molecule has 1 aromatic rings. The lowest BCUT2D eigenvalue weighted by atomic mass is 9.85. The fourth-order valence-electron chi connectivity index (χ4n) is 1.26. The second-order valence-electron chi connectivity index (χ2n) is 4.76. The van der Waals surface area contributed by atoms with Crippen LogP contribution >= 0.6 is 11.8 Å². The van der Waals surface area contributed by atoms with E-state index in [1.54, 1.807) is 18.5 Å². The zero-order valence-corrected chi connectivity index (χ0v) is 10.7. The molecule has 0 aromatic carbocycles. The topological polar surface area (TPSA) is 72.0 Å². The molecule has 0 amide bonds. The Bertz CT molecular complexity index is 313. The predicted octanol–water partition coefficient (Wildman–Crippen LogP) is 1.30. The zero-order chi connectivity index (χ0) is 12.2. The van der Waals surface area contributed by atoms with Gasteiger partial charge in [-0.15, -0.1) is 0 Å². The van der Waals surface area contributed by atoms with E-state index in [0.29, 0.717) is 5.16 Å². The summed E-state index contributed by atoms with van der Waals surface area (Å²) in [6.45, 7) is 6.22. The first-order valence-corrected chi connectivity index (χ1v) is 6.13. The van der Waals surface area contributed by atoms with Crippen LogP contribution in [0.25, 0.3) is 0 Å². The predicted molar refractivity (Wildman–Crippen MR) is 66.2 cm³/mol. The highest BCUT2D eigenvalue weighted by Crippen LogP contribution is 2.29. The lowest BCUT2D eigenvalue weighted by molar-refractivity contribution is 0.233. The van der Waals surface area contributed by atoms with Gasteiger partial charge in [-0.25, -0.2) is 9.97 Å². The number of aliphatic hydroxyl groups is 1. The lowest BCUT2D eigenvalue weighted by Gasteiger charge is -2.32. The summed E-state index contributed by atoms with van der Waals surface area (Å²) < 4.78 is 0. The van der Waals surface area contributed by atoms with E-state index in [2.05, 4.69) is 30.7 Å². The maximum Gasteiger partial charge on any atom is 0.187 e. The van der Waals surface area contributed by atoms with Crippen LogP contribution in [0.3, 0.4) is 0 Å². The van der Waals surface area contributed by atoms with Crippen molar-refractivity contribution in [1.29, 1.82) is 0 Å². The van der Waals surface area contributed by atoms with Crippen molar-refractivity contribution < 1.29 is 5.11 Å². The standard InChI is InChI=1S/C11H19N3OS/c1-11(2,3)9(12)8(7-15)16-10-13-5-4-6-14-10/h4-6,8-9,15H,7,12H2,1-3H3. The molecule has 3 N–H and O–H groups in total. The molecule has 5 heteroatoms. The van der Waals surface area contributed by atoms with Gasteiger partial charge in [0.1, 0.15) is 0 Å². The third kappa shape index (κ3) is 3.73. The minimum Gasteiger partial charge on any atom is -0.395 e. The third-order valence-electron chi connectivity index (χ3n) is 2.38. The minimum atomic E-state index is -0.105. The summed E-state index contributed by atoms with van der Waals surface area (Å²) in [4.78, 5) is 8.23. The lowest BCUT2D eigenvalue weighted by Crippen LogP contribution is -2.45. The number of nitrogens with zero attached hydrogens (tertiary/aromatic N) is 2. The molecule has 0 aliphatic heterocycles. The van der Waals surface area contributed by atoms with E-state index in [4.69, 9.17) is 5.73 Å². The Balaban J connectivity index is 2.70. The Morgan fingerprint density at radius 1 is 1.38 bits per heavy atom. The van der Waals surface area contributed by atoms with E-state index in [1.807, 2.05) is 0 Å². The van der Waals surface area contributed by atoms with Crippen LogP contribution in [0.2, 0.25) is 0 Å². The van der Waals surface area contributed by atoms with Crippen molar-refractivity contribution in [3.05, 3.63) is 18.5 Å². The van der Waals surface area contributed by atoms with Gasteiger partial charge in [0, 0.05) is 18.4 Å². The van der Waals surface area contributed by atoms with E-state index in [9.17, 15) is 5.11 Å². The van der Waals surface area contributed by atoms with Crippen LogP contribution in [0, 0.1) is 5.41 Å².